The largest absolute Gasteiger partial charge is 0.399 e. The van der Waals surface area contributed by atoms with Gasteiger partial charge >= 0.3 is 0 Å². The second kappa shape index (κ2) is 6.75. The molecule has 6 heteroatoms. The molecule has 0 saturated heterocycles. The van der Waals surface area contributed by atoms with Crippen molar-refractivity contribution in [2.75, 3.05) is 16.8 Å². The van der Waals surface area contributed by atoms with E-state index in [-0.39, 0.29) is 5.91 Å². The number of nitrogens with two attached hydrogens (primary N) is 1. The molecule has 98 valence electrons. The van der Waals surface area contributed by atoms with Crippen LogP contribution in [0.1, 0.15) is 6.42 Å². The van der Waals surface area contributed by atoms with Crippen LogP contribution in [0.4, 0.5) is 11.4 Å². The average Bonchev–Trinajstić information content (AvgIpc) is 2.43. The van der Waals surface area contributed by atoms with Crippen molar-refractivity contribution in [3.63, 3.8) is 0 Å². The molecule has 1 aromatic heterocycles. The van der Waals surface area contributed by atoms with Gasteiger partial charge in [0.1, 0.15) is 0 Å². The normalized spacial score (nSPS) is 10.1. The minimum atomic E-state index is -0.0341. The van der Waals surface area contributed by atoms with Gasteiger partial charge in [-0.2, -0.15) is 0 Å². The quantitative estimate of drug-likeness (QED) is 0.496. The lowest BCUT2D eigenvalue weighted by molar-refractivity contribution is -0.115. The maximum absolute atomic E-state index is 11.7. The zero-order chi connectivity index (χ0) is 13.5. The fourth-order valence-electron chi connectivity index (χ4n) is 1.38. The smallest absolute Gasteiger partial charge is 0.225 e. The van der Waals surface area contributed by atoms with E-state index in [9.17, 15) is 4.79 Å². The first-order chi connectivity index (χ1) is 9.24. The van der Waals surface area contributed by atoms with E-state index in [0.29, 0.717) is 23.0 Å². The van der Waals surface area contributed by atoms with E-state index in [1.165, 1.54) is 11.8 Å². The third-order valence-corrected chi connectivity index (χ3v) is 3.17. The second-order valence-electron chi connectivity index (χ2n) is 3.80. The number of aromatic nitrogens is 2. The zero-order valence-corrected chi connectivity index (χ0v) is 11.1. The number of rotatable bonds is 5. The topological polar surface area (TPSA) is 80.9 Å². The molecule has 0 fully saturated rings. The molecular weight excluding hydrogens is 260 g/mol. The lowest BCUT2D eigenvalue weighted by atomic mass is 10.3. The third-order valence-electron chi connectivity index (χ3n) is 2.30. The molecule has 0 unspecified atom stereocenters. The minimum absolute atomic E-state index is 0.0341. The first-order valence-electron chi connectivity index (χ1n) is 5.79. The van der Waals surface area contributed by atoms with E-state index >= 15 is 0 Å². The molecule has 0 aliphatic heterocycles. The maximum atomic E-state index is 11.7. The van der Waals surface area contributed by atoms with E-state index in [0.717, 1.165) is 5.69 Å². The Morgan fingerprint density at radius 1 is 1.21 bits per heavy atom. The number of amides is 1. The molecule has 0 aliphatic carbocycles. The van der Waals surface area contributed by atoms with Crippen molar-refractivity contribution in [3.8, 4) is 0 Å². The van der Waals surface area contributed by atoms with Crippen molar-refractivity contribution in [1.29, 1.82) is 0 Å². The highest BCUT2D eigenvalue weighted by Gasteiger charge is 2.03. The molecule has 0 spiro atoms. The van der Waals surface area contributed by atoms with Crippen molar-refractivity contribution in [3.05, 3.63) is 42.7 Å². The number of benzene rings is 1. The molecule has 1 aromatic carbocycles. The van der Waals surface area contributed by atoms with E-state index in [1.807, 2.05) is 0 Å². The highest BCUT2D eigenvalue weighted by Crippen LogP contribution is 2.14. The Kier molecular flexibility index (Phi) is 4.74. The summed E-state index contributed by atoms with van der Waals surface area (Å²) in [6.07, 6.45) is 3.78. The number of anilines is 2. The van der Waals surface area contributed by atoms with Crippen LogP contribution in [-0.4, -0.2) is 21.6 Å². The summed E-state index contributed by atoms with van der Waals surface area (Å²) in [7, 11) is 0. The fourth-order valence-corrected chi connectivity index (χ4v) is 2.13. The summed E-state index contributed by atoms with van der Waals surface area (Å²) in [5.41, 5.74) is 7.00. The van der Waals surface area contributed by atoms with Crippen LogP contribution in [0.25, 0.3) is 0 Å². The summed E-state index contributed by atoms with van der Waals surface area (Å²) in [6, 6.07) is 8.82. The first kappa shape index (κ1) is 13.4. The molecule has 19 heavy (non-hydrogen) atoms. The van der Waals surface area contributed by atoms with E-state index in [4.69, 9.17) is 5.73 Å². The van der Waals surface area contributed by atoms with Crippen LogP contribution in [-0.2, 0) is 4.79 Å². The lowest BCUT2D eigenvalue weighted by Crippen LogP contribution is -2.12. The van der Waals surface area contributed by atoms with Crippen molar-refractivity contribution in [2.24, 2.45) is 0 Å². The van der Waals surface area contributed by atoms with Crippen LogP contribution in [0, 0.1) is 0 Å². The van der Waals surface area contributed by atoms with Gasteiger partial charge in [-0.25, -0.2) is 9.97 Å². The maximum Gasteiger partial charge on any atom is 0.225 e. The van der Waals surface area contributed by atoms with Gasteiger partial charge in [0.05, 0.1) is 0 Å². The Morgan fingerprint density at radius 3 is 2.58 bits per heavy atom. The number of nitrogens with one attached hydrogen (secondary N) is 1. The highest BCUT2D eigenvalue weighted by molar-refractivity contribution is 7.99. The Balaban J connectivity index is 1.74. The fraction of sp³-hybridized carbons (Fsp3) is 0.154. The summed E-state index contributed by atoms with van der Waals surface area (Å²) in [5, 5.41) is 3.49. The van der Waals surface area contributed by atoms with Gasteiger partial charge in [-0.3, -0.25) is 4.79 Å². The molecule has 0 saturated carbocycles. The number of carbonyl (C=O) groups is 1. The number of hydrogen-bond acceptors (Lipinski definition) is 5. The predicted molar refractivity (Wildman–Crippen MR) is 76.9 cm³/mol. The zero-order valence-electron chi connectivity index (χ0n) is 10.2. The minimum Gasteiger partial charge on any atom is -0.399 e. The molecule has 2 rings (SSSR count). The molecule has 5 nitrogen and oxygen atoms in total. The van der Waals surface area contributed by atoms with Gasteiger partial charge in [-0.05, 0) is 30.3 Å². The third kappa shape index (κ3) is 4.59. The van der Waals surface area contributed by atoms with E-state index in [2.05, 4.69) is 15.3 Å². The van der Waals surface area contributed by atoms with Crippen molar-refractivity contribution >= 4 is 29.0 Å². The van der Waals surface area contributed by atoms with Crippen LogP contribution in [0.5, 0.6) is 0 Å². The van der Waals surface area contributed by atoms with E-state index in [1.54, 1.807) is 42.7 Å². The van der Waals surface area contributed by atoms with Gasteiger partial charge in [0.2, 0.25) is 5.91 Å². The molecule has 3 N–H and O–H groups in total. The highest BCUT2D eigenvalue weighted by atomic mass is 32.2. The lowest BCUT2D eigenvalue weighted by Gasteiger charge is -2.05. The molecule has 0 radical (unpaired) electrons. The Labute approximate surface area is 115 Å². The van der Waals surface area contributed by atoms with Crippen molar-refractivity contribution in [1.82, 2.24) is 9.97 Å². The summed E-state index contributed by atoms with van der Waals surface area (Å²) in [6.45, 7) is 0. The molecule has 0 aliphatic rings. The van der Waals surface area contributed by atoms with Crippen LogP contribution >= 0.6 is 11.8 Å². The number of nitrogen functional groups attached to an aromatic ring is 1. The van der Waals surface area contributed by atoms with Gasteiger partial charge in [-0.15, -0.1) is 0 Å². The van der Waals surface area contributed by atoms with Gasteiger partial charge in [0, 0.05) is 35.9 Å². The molecule has 0 bridgehead atoms. The predicted octanol–water partition coefficient (Wildman–Crippen LogP) is 2.18. The first-order valence-corrected chi connectivity index (χ1v) is 6.78. The Bertz CT molecular complexity index is 530. The van der Waals surface area contributed by atoms with Crippen molar-refractivity contribution in [2.45, 2.75) is 11.6 Å². The van der Waals surface area contributed by atoms with Crippen LogP contribution < -0.4 is 11.1 Å². The van der Waals surface area contributed by atoms with Crippen LogP contribution in [0.2, 0.25) is 0 Å². The van der Waals surface area contributed by atoms with Gasteiger partial charge < -0.3 is 11.1 Å². The van der Waals surface area contributed by atoms with E-state index < -0.39 is 0 Å². The summed E-state index contributed by atoms with van der Waals surface area (Å²) in [5.74, 6) is 0.610. The second-order valence-corrected chi connectivity index (χ2v) is 4.86. The monoisotopic (exact) mass is 274 g/mol. The molecule has 1 heterocycles. The SMILES string of the molecule is Nc1ccc(NC(=O)CCSc2ncccn2)cc1. The molecule has 0 atom stereocenters. The number of carbonyl (C=O) groups excluding carboxylic acids is 1. The van der Waals surface area contributed by atoms with Crippen molar-refractivity contribution < 1.29 is 4.79 Å². The Morgan fingerprint density at radius 2 is 1.89 bits per heavy atom. The standard InChI is InChI=1S/C13H14N4OS/c14-10-2-4-11(5-3-10)17-12(18)6-9-19-13-15-7-1-8-16-13/h1-5,7-8H,6,9,14H2,(H,17,18). The molecular formula is C13H14N4OS. The van der Waals surface area contributed by atoms with Gasteiger partial charge in [0.15, 0.2) is 5.16 Å². The molecule has 2 aromatic rings. The summed E-state index contributed by atoms with van der Waals surface area (Å²) in [4.78, 5) is 19.8. The summed E-state index contributed by atoms with van der Waals surface area (Å²) < 4.78 is 0. The number of nitrogens with zero attached hydrogens (tertiary/aromatic N) is 2. The average molecular weight is 274 g/mol. The van der Waals surface area contributed by atoms with Gasteiger partial charge in [-0.1, -0.05) is 11.8 Å². The molecule has 1 amide bonds. The number of hydrogen-bond donors (Lipinski definition) is 2. The Hall–Kier alpha value is -2.08. The van der Waals surface area contributed by atoms with Crippen LogP contribution in [0.15, 0.2) is 47.9 Å². The summed E-state index contributed by atoms with van der Waals surface area (Å²) >= 11 is 1.46. The van der Waals surface area contributed by atoms with Crippen LogP contribution in [0.3, 0.4) is 0 Å². The number of thioether (sulfide) groups is 1. The van der Waals surface area contributed by atoms with Gasteiger partial charge in [0.25, 0.3) is 0 Å².